The summed E-state index contributed by atoms with van der Waals surface area (Å²) in [5.41, 5.74) is 2.80. The van der Waals surface area contributed by atoms with Gasteiger partial charge in [-0.3, -0.25) is 9.89 Å². The van der Waals surface area contributed by atoms with Crippen LogP contribution in [0.4, 0.5) is 5.82 Å². The molecule has 2 aromatic heterocycles. The molecule has 1 atom stereocenters. The van der Waals surface area contributed by atoms with Crippen LogP contribution in [-0.2, 0) is 16.0 Å². The maximum Gasteiger partial charge on any atom is 0.356 e. The van der Waals surface area contributed by atoms with Crippen LogP contribution in [0.2, 0.25) is 0 Å². The number of nitrogens with zero attached hydrogens (tertiary/aromatic N) is 2. The van der Waals surface area contributed by atoms with Crippen molar-refractivity contribution in [2.45, 2.75) is 25.7 Å². The Labute approximate surface area is 127 Å². The van der Waals surface area contributed by atoms with Gasteiger partial charge in [0.05, 0.1) is 7.11 Å². The lowest BCUT2D eigenvalue weighted by molar-refractivity contribution is -0.116. The van der Waals surface area contributed by atoms with E-state index in [4.69, 9.17) is 4.74 Å². The number of fused-ring (bicyclic) bond motifs is 1. The average Bonchev–Trinajstić information content (AvgIpc) is 2.96. The van der Waals surface area contributed by atoms with Crippen LogP contribution in [-0.4, -0.2) is 34.2 Å². The molecule has 3 heterocycles. The number of anilines is 1. The topological polar surface area (TPSA) is 97.0 Å². The van der Waals surface area contributed by atoms with Crippen LogP contribution in [0.3, 0.4) is 0 Å². The first-order chi connectivity index (χ1) is 10.6. The molecule has 0 aromatic carbocycles. The molecule has 114 valence electrons. The molecule has 3 rings (SSSR count). The minimum atomic E-state index is -0.495. The second-order valence-electron chi connectivity index (χ2n) is 5.06. The van der Waals surface area contributed by atoms with Gasteiger partial charge in [-0.1, -0.05) is 13.0 Å². The summed E-state index contributed by atoms with van der Waals surface area (Å²) < 4.78 is 4.70. The van der Waals surface area contributed by atoms with Gasteiger partial charge in [0, 0.05) is 29.3 Å². The van der Waals surface area contributed by atoms with E-state index in [2.05, 4.69) is 20.5 Å². The first-order valence-electron chi connectivity index (χ1n) is 7.06. The second-order valence-corrected chi connectivity index (χ2v) is 5.06. The first-order valence-corrected chi connectivity index (χ1v) is 7.06. The number of H-pyrrole nitrogens is 1. The van der Waals surface area contributed by atoms with Crippen LogP contribution in [0.1, 0.15) is 46.7 Å². The van der Waals surface area contributed by atoms with Gasteiger partial charge in [0.1, 0.15) is 5.69 Å². The third kappa shape index (κ3) is 2.34. The van der Waals surface area contributed by atoms with Crippen molar-refractivity contribution >= 4 is 17.7 Å². The fourth-order valence-electron chi connectivity index (χ4n) is 2.71. The standard InChI is InChI=1S/C15H16N4O3/c1-3-9-13-8(7-12(20)17-14(13)19-18-9)10-5-4-6-11(16-10)15(21)22-2/h4-6,8H,3,7H2,1-2H3,(H2,17,18,19,20). The number of methoxy groups -OCH3 is 1. The molecular formula is C15H16N4O3. The monoisotopic (exact) mass is 300 g/mol. The Hall–Kier alpha value is -2.70. The molecule has 1 amide bonds. The third-order valence-corrected chi connectivity index (χ3v) is 3.75. The molecule has 7 nitrogen and oxygen atoms in total. The number of carbonyl (C=O) groups excluding carboxylic acids is 2. The average molecular weight is 300 g/mol. The van der Waals surface area contributed by atoms with E-state index in [1.165, 1.54) is 7.11 Å². The van der Waals surface area contributed by atoms with Crippen LogP contribution >= 0.6 is 0 Å². The molecule has 0 bridgehead atoms. The third-order valence-electron chi connectivity index (χ3n) is 3.75. The molecule has 2 N–H and O–H groups in total. The van der Waals surface area contributed by atoms with E-state index in [-0.39, 0.29) is 23.9 Å². The van der Waals surface area contributed by atoms with E-state index in [1.807, 2.05) is 13.0 Å². The molecule has 0 saturated heterocycles. The van der Waals surface area contributed by atoms with Gasteiger partial charge in [-0.2, -0.15) is 5.10 Å². The number of aromatic amines is 1. The van der Waals surface area contributed by atoms with Crippen LogP contribution in [0.15, 0.2) is 18.2 Å². The molecule has 0 radical (unpaired) electrons. The number of hydrogen-bond acceptors (Lipinski definition) is 5. The van der Waals surface area contributed by atoms with E-state index in [0.29, 0.717) is 11.5 Å². The Kier molecular flexibility index (Phi) is 3.62. The molecule has 2 aromatic rings. The quantitative estimate of drug-likeness (QED) is 0.840. The number of pyridine rings is 1. The number of esters is 1. The highest BCUT2D eigenvalue weighted by atomic mass is 16.5. The number of amides is 1. The van der Waals surface area contributed by atoms with E-state index in [9.17, 15) is 9.59 Å². The van der Waals surface area contributed by atoms with Crippen molar-refractivity contribution in [1.82, 2.24) is 15.2 Å². The van der Waals surface area contributed by atoms with Crippen LogP contribution < -0.4 is 5.32 Å². The number of ether oxygens (including phenoxy) is 1. The molecule has 22 heavy (non-hydrogen) atoms. The van der Waals surface area contributed by atoms with Crippen molar-refractivity contribution in [1.29, 1.82) is 0 Å². The maximum atomic E-state index is 11.9. The van der Waals surface area contributed by atoms with E-state index >= 15 is 0 Å². The highest BCUT2D eigenvalue weighted by Crippen LogP contribution is 2.37. The minimum Gasteiger partial charge on any atom is -0.464 e. The van der Waals surface area contributed by atoms with Crippen LogP contribution in [0.25, 0.3) is 0 Å². The van der Waals surface area contributed by atoms with Crippen LogP contribution in [0, 0.1) is 0 Å². The molecule has 1 unspecified atom stereocenters. The number of aryl methyl sites for hydroxylation is 1. The second kappa shape index (κ2) is 5.59. The van der Waals surface area contributed by atoms with Crippen molar-refractivity contribution in [2.24, 2.45) is 0 Å². The van der Waals surface area contributed by atoms with Gasteiger partial charge in [0.2, 0.25) is 5.91 Å². The lowest BCUT2D eigenvalue weighted by Crippen LogP contribution is -2.24. The zero-order valence-electron chi connectivity index (χ0n) is 12.3. The van der Waals surface area contributed by atoms with Gasteiger partial charge in [0.15, 0.2) is 5.82 Å². The van der Waals surface area contributed by atoms with Crippen molar-refractivity contribution in [2.75, 3.05) is 12.4 Å². The summed E-state index contributed by atoms with van der Waals surface area (Å²) in [6.07, 6.45) is 1.04. The van der Waals surface area contributed by atoms with Gasteiger partial charge in [0.25, 0.3) is 0 Å². The SMILES string of the molecule is CCc1[nH]nc2c1C(c1cccc(C(=O)OC)n1)CC(=O)N2. The summed E-state index contributed by atoms with van der Waals surface area (Å²) in [6.45, 7) is 2.01. The van der Waals surface area contributed by atoms with Gasteiger partial charge >= 0.3 is 5.97 Å². The lowest BCUT2D eigenvalue weighted by atomic mass is 9.88. The number of hydrogen-bond donors (Lipinski definition) is 2. The minimum absolute atomic E-state index is 0.114. The summed E-state index contributed by atoms with van der Waals surface area (Å²) in [5, 5.41) is 9.86. The summed E-state index contributed by atoms with van der Waals surface area (Å²) in [7, 11) is 1.31. The largest absolute Gasteiger partial charge is 0.464 e. The van der Waals surface area contributed by atoms with E-state index < -0.39 is 5.97 Å². The summed E-state index contributed by atoms with van der Waals surface area (Å²) >= 11 is 0. The zero-order valence-corrected chi connectivity index (χ0v) is 12.3. The highest BCUT2D eigenvalue weighted by Gasteiger charge is 2.32. The Bertz CT molecular complexity index is 738. The van der Waals surface area contributed by atoms with Gasteiger partial charge in [-0.15, -0.1) is 0 Å². The summed E-state index contributed by atoms with van der Waals surface area (Å²) in [5.74, 6) is -0.285. The van der Waals surface area contributed by atoms with Gasteiger partial charge in [-0.05, 0) is 18.6 Å². The predicted octanol–water partition coefficient (Wildman–Crippen LogP) is 1.63. The summed E-state index contributed by atoms with van der Waals surface area (Å²) in [6, 6.07) is 5.15. The number of nitrogens with one attached hydrogen (secondary N) is 2. The van der Waals surface area contributed by atoms with E-state index in [1.54, 1.807) is 12.1 Å². The Morgan fingerprint density at radius 1 is 1.45 bits per heavy atom. The molecule has 0 saturated carbocycles. The van der Waals surface area contributed by atoms with Crippen molar-refractivity contribution in [3.05, 3.63) is 40.8 Å². The van der Waals surface area contributed by atoms with Crippen molar-refractivity contribution in [3.63, 3.8) is 0 Å². The molecule has 0 aliphatic carbocycles. The number of rotatable bonds is 3. The fourth-order valence-corrected chi connectivity index (χ4v) is 2.71. The molecule has 0 fully saturated rings. The molecule has 0 spiro atoms. The molecule has 7 heteroatoms. The molecule has 1 aliphatic heterocycles. The number of aromatic nitrogens is 3. The molecular weight excluding hydrogens is 284 g/mol. The van der Waals surface area contributed by atoms with Crippen LogP contribution in [0.5, 0.6) is 0 Å². The predicted molar refractivity (Wildman–Crippen MR) is 78.6 cm³/mol. The maximum absolute atomic E-state index is 11.9. The van der Waals surface area contributed by atoms with E-state index in [0.717, 1.165) is 17.7 Å². The Morgan fingerprint density at radius 3 is 3.00 bits per heavy atom. The number of carbonyl (C=O) groups is 2. The summed E-state index contributed by atoms with van der Waals surface area (Å²) in [4.78, 5) is 27.9. The normalized spacial score (nSPS) is 16.8. The Balaban J connectivity index is 2.07. The molecule has 1 aliphatic rings. The smallest absolute Gasteiger partial charge is 0.356 e. The lowest BCUT2D eigenvalue weighted by Gasteiger charge is -2.22. The highest BCUT2D eigenvalue weighted by molar-refractivity contribution is 5.94. The Morgan fingerprint density at radius 2 is 2.27 bits per heavy atom. The van der Waals surface area contributed by atoms with Crippen molar-refractivity contribution in [3.8, 4) is 0 Å². The van der Waals surface area contributed by atoms with Gasteiger partial charge in [-0.25, -0.2) is 9.78 Å². The zero-order chi connectivity index (χ0) is 15.7. The van der Waals surface area contributed by atoms with Gasteiger partial charge < -0.3 is 10.1 Å². The first kappa shape index (κ1) is 14.2. The van der Waals surface area contributed by atoms with Crippen molar-refractivity contribution < 1.29 is 14.3 Å². The fraction of sp³-hybridized carbons (Fsp3) is 0.333.